The minimum atomic E-state index is -0.0944. The second-order valence-electron chi connectivity index (χ2n) is 2.93. The number of hydrogen-bond donors (Lipinski definition) is 1. The predicted molar refractivity (Wildman–Crippen MR) is 53.0 cm³/mol. The SMILES string of the molecule is CN(C)CCNC(=O)c1cscn1. The molecule has 1 heterocycles. The zero-order valence-corrected chi connectivity index (χ0v) is 8.60. The average molecular weight is 199 g/mol. The molecule has 0 unspecified atom stereocenters. The highest BCUT2D eigenvalue weighted by Gasteiger charge is 2.05. The number of likely N-dealkylation sites (N-methyl/N-ethyl adjacent to an activating group) is 1. The molecule has 0 atom stereocenters. The van der Waals surface area contributed by atoms with Crippen molar-refractivity contribution in [1.29, 1.82) is 0 Å². The number of carbonyl (C=O) groups is 1. The summed E-state index contributed by atoms with van der Waals surface area (Å²) in [5.41, 5.74) is 2.16. The van der Waals surface area contributed by atoms with Crippen LogP contribution in [0, 0.1) is 0 Å². The van der Waals surface area contributed by atoms with E-state index in [1.807, 2.05) is 19.0 Å². The van der Waals surface area contributed by atoms with Crippen molar-refractivity contribution >= 4 is 17.2 Å². The van der Waals surface area contributed by atoms with E-state index in [-0.39, 0.29) is 5.91 Å². The Morgan fingerprint density at radius 1 is 1.69 bits per heavy atom. The summed E-state index contributed by atoms with van der Waals surface area (Å²) in [6.07, 6.45) is 0. The molecule has 1 amide bonds. The fraction of sp³-hybridized carbons (Fsp3) is 0.500. The maximum atomic E-state index is 11.3. The number of hydrogen-bond acceptors (Lipinski definition) is 4. The molecular weight excluding hydrogens is 186 g/mol. The Bertz CT molecular complexity index is 258. The number of carbonyl (C=O) groups excluding carboxylic acids is 1. The van der Waals surface area contributed by atoms with Gasteiger partial charge in [0.2, 0.25) is 0 Å². The molecule has 0 aliphatic heterocycles. The lowest BCUT2D eigenvalue weighted by Crippen LogP contribution is -2.31. The third-order valence-corrected chi connectivity index (χ3v) is 2.10. The van der Waals surface area contributed by atoms with Crippen molar-refractivity contribution in [2.75, 3.05) is 27.2 Å². The normalized spacial score (nSPS) is 10.4. The molecule has 1 aromatic heterocycles. The highest BCUT2D eigenvalue weighted by atomic mass is 32.1. The molecular formula is C8H13N3OS. The maximum absolute atomic E-state index is 11.3. The van der Waals surface area contributed by atoms with Gasteiger partial charge in [0.1, 0.15) is 5.69 Å². The fourth-order valence-corrected chi connectivity index (χ4v) is 1.34. The number of aromatic nitrogens is 1. The van der Waals surface area contributed by atoms with E-state index < -0.39 is 0 Å². The van der Waals surface area contributed by atoms with Gasteiger partial charge in [-0.15, -0.1) is 11.3 Å². The van der Waals surface area contributed by atoms with Crippen molar-refractivity contribution in [1.82, 2.24) is 15.2 Å². The second-order valence-corrected chi connectivity index (χ2v) is 3.65. The Labute approximate surface area is 81.6 Å². The van der Waals surface area contributed by atoms with E-state index in [0.29, 0.717) is 12.2 Å². The Morgan fingerprint density at radius 2 is 2.46 bits per heavy atom. The van der Waals surface area contributed by atoms with Crippen LogP contribution in [0.4, 0.5) is 0 Å². The molecule has 72 valence electrons. The molecule has 0 spiro atoms. The van der Waals surface area contributed by atoms with Gasteiger partial charge in [0.25, 0.3) is 5.91 Å². The fourth-order valence-electron chi connectivity index (χ4n) is 0.808. The first-order valence-electron chi connectivity index (χ1n) is 4.01. The van der Waals surface area contributed by atoms with E-state index >= 15 is 0 Å². The van der Waals surface area contributed by atoms with Gasteiger partial charge in [-0.3, -0.25) is 4.79 Å². The van der Waals surface area contributed by atoms with E-state index in [2.05, 4.69) is 10.3 Å². The van der Waals surface area contributed by atoms with Crippen LogP contribution in [0.25, 0.3) is 0 Å². The van der Waals surface area contributed by atoms with Crippen LogP contribution in [0.2, 0.25) is 0 Å². The van der Waals surface area contributed by atoms with Gasteiger partial charge in [-0.05, 0) is 14.1 Å². The summed E-state index contributed by atoms with van der Waals surface area (Å²) < 4.78 is 0. The van der Waals surface area contributed by atoms with Crippen molar-refractivity contribution in [3.8, 4) is 0 Å². The van der Waals surface area contributed by atoms with Gasteiger partial charge in [0.15, 0.2) is 0 Å². The van der Waals surface area contributed by atoms with Crippen LogP contribution in [-0.4, -0.2) is 43.0 Å². The molecule has 13 heavy (non-hydrogen) atoms. The lowest BCUT2D eigenvalue weighted by atomic mass is 10.4. The van der Waals surface area contributed by atoms with Crippen molar-refractivity contribution < 1.29 is 4.79 Å². The standard InChI is InChI=1S/C8H13N3OS/c1-11(2)4-3-9-8(12)7-5-13-6-10-7/h5-6H,3-4H2,1-2H3,(H,9,12). The summed E-state index contributed by atoms with van der Waals surface area (Å²) in [6.45, 7) is 1.50. The minimum absolute atomic E-state index is 0.0944. The first-order chi connectivity index (χ1) is 6.20. The molecule has 0 saturated heterocycles. The highest BCUT2D eigenvalue weighted by molar-refractivity contribution is 7.07. The first-order valence-corrected chi connectivity index (χ1v) is 4.95. The smallest absolute Gasteiger partial charge is 0.270 e. The largest absolute Gasteiger partial charge is 0.349 e. The third-order valence-electron chi connectivity index (χ3n) is 1.51. The molecule has 0 radical (unpaired) electrons. The molecule has 0 fully saturated rings. The van der Waals surface area contributed by atoms with Gasteiger partial charge in [-0.1, -0.05) is 0 Å². The number of nitrogens with one attached hydrogen (secondary N) is 1. The summed E-state index contributed by atoms with van der Waals surface area (Å²) >= 11 is 1.43. The Balaban J connectivity index is 2.27. The molecule has 5 heteroatoms. The zero-order chi connectivity index (χ0) is 9.68. The van der Waals surface area contributed by atoms with Crippen molar-refractivity contribution in [2.45, 2.75) is 0 Å². The zero-order valence-electron chi connectivity index (χ0n) is 7.78. The molecule has 4 nitrogen and oxygen atoms in total. The number of rotatable bonds is 4. The van der Waals surface area contributed by atoms with Gasteiger partial charge in [0, 0.05) is 18.5 Å². The number of thiazole rings is 1. The second kappa shape index (κ2) is 4.94. The molecule has 1 N–H and O–H groups in total. The lowest BCUT2D eigenvalue weighted by molar-refractivity contribution is 0.0947. The Hall–Kier alpha value is -0.940. The van der Waals surface area contributed by atoms with Crippen LogP contribution in [0.1, 0.15) is 10.5 Å². The van der Waals surface area contributed by atoms with Gasteiger partial charge in [-0.25, -0.2) is 4.98 Å². The van der Waals surface area contributed by atoms with Crippen molar-refractivity contribution in [3.63, 3.8) is 0 Å². The highest BCUT2D eigenvalue weighted by Crippen LogP contribution is 1.99. The maximum Gasteiger partial charge on any atom is 0.270 e. The number of amides is 1. The molecule has 0 aliphatic rings. The van der Waals surface area contributed by atoms with Gasteiger partial charge in [0.05, 0.1) is 5.51 Å². The summed E-state index contributed by atoms with van der Waals surface area (Å²) in [6, 6.07) is 0. The van der Waals surface area contributed by atoms with Crippen LogP contribution in [-0.2, 0) is 0 Å². The number of nitrogens with zero attached hydrogens (tertiary/aromatic N) is 2. The summed E-state index contributed by atoms with van der Waals surface area (Å²) in [5, 5.41) is 4.52. The monoisotopic (exact) mass is 199 g/mol. The lowest BCUT2D eigenvalue weighted by Gasteiger charge is -2.09. The Kier molecular flexibility index (Phi) is 3.85. The van der Waals surface area contributed by atoms with Crippen LogP contribution in [0.3, 0.4) is 0 Å². The first kappa shape index (κ1) is 10.1. The van der Waals surface area contributed by atoms with E-state index in [1.165, 1.54) is 11.3 Å². The van der Waals surface area contributed by atoms with Gasteiger partial charge < -0.3 is 10.2 Å². The summed E-state index contributed by atoms with van der Waals surface area (Å²) in [4.78, 5) is 17.2. The van der Waals surface area contributed by atoms with Crippen LogP contribution in [0.15, 0.2) is 10.9 Å². The van der Waals surface area contributed by atoms with Crippen molar-refractivity contribution in [3.05, 3.63) is 16.6 Å². The molecule has 0 saturated carbocycles. The van der Waals surface area contributed by atoms with Gasteiger partial charge in [-0.2, -0.15) is 0 Å². The molecule has 1 aromatic rings. The van der Waals surface area contributed by atoms with Crippen LogP contribution >= 0.6 is 11.3 Å². The minimum Gasteiger partial charge on any atom is -0.349 e. The molecule has 0 bridgehead atoms. The van der Waals surface area contributed by atoms with E-state index in [0.717, 1.165) is 6.54 Å². The van der Waals surface area contributed by atoms with E-state index in [9.17, 15) is 4.79 Å². The topological polar surface area (TPSA) is 45.2 Å². The third kappa shape index (κ3) is 3.52. The predicted octanol–water partition coefficient (Wildman–Crippen LogP) is 0.435. The molecule has 0 aromatic carbocycles. The average Bonchev–Trinajstić information content (AvgIpc) is 2.55. The Morgan fingerprint density at radius 3 is 3.00 bits per heavy atom. The van der Waals surface area contributed by atoms with Crippen molar-refractivity contribution in [2.24, 2.45) is 0 Å². The molecule has 0 aliphatic carbocycles. The van der Waals surface area contributed by atoms with Crippen LogP contribution < -0.4 is 5.32 Å². The summed E-state index contributed by atoms with van der Waals surface area (Å²) in [7, 11) is 3.93. The molecule has 1 rings (SSSR count). The van der Waals surface area contributed by atoms with Gasteiger partial charge >= 0.3 is 0 Å². The van der Waals surface area contributed by atoms with Crippen LogP contribution in [0.5, 0.6) is 0 Å². The van der Waals surface area contributed by atoms with E-state index in [4.69, 9.17) is 0 Å². The summed E-state index contributed by atoms with van der Waals surface area (Å²) in [5.74, 6) is -0.0944. The van der Waals surface area contributed by atoms with E-state index in [1.54, 1.807) is 10.9 Å². The quantitative estimate of drug-likeness (QED) is 0.765.